The summed E-state index contributed by atoms with van der Waals surface area (Å²) in [4.78, 5) is 24.3. The van der Waals surface area contributed by atoms with Gasteiger partial charge in [0.2, 0.25) is 6.79 Å². The van der Waals surface area contributed by atoms with Crippen molar-refractivity contribution in [3.8, 4) is 11.5 Å². The minimum Gasteiger partial charge on any atom is -0.454 e. The van der Waals surface area contributed by atoms with Crippen LogP contribution in [0.3, 0.4) is 0 Å². The molecule has 3 rings (SSSR count). The van der Waals surface area contributed by atoms with Gasteiger partial charge in [0.15, 0.2) is 17.6 Å². The number of esters is 1. The van der Waals surface area contributed by atoms with Crippen molar-refractivity contribution >= 4 is 11.9 Å². The number of carbonyl (C=O) groups excluding carboxylic acids is 2. The normalized spacial score (nSPS) is 18.0. The Labute approximate surface area is 141 Å². The molecular formula is C18H23NO5. The highest BCUT2D eigenvalue weighted by Crippen LogP contribution is 2.32. The Morgan fingerprint density at radius 1 is 1.21 bits per heavy atom. The first-order valence-corrected chi connectivity index (χ1v) is 8.52. The van der Waals surface area contributed by atoms with E-state index in [1.54, 1.807) is 25.1 Å². The molecule has 1 aliphatic heterocycles. The van der Waals surface area contributed by atoms with Crippen LogP contribution >= 0.6 is 0 Å². The summed E-state index contributed by atoms with van der Waals surface area (Å²) in [5, 5.41) is 2.89. The first-order valence-electron chi connectivity index (χ1n) is 8.52. The highest BCUT2D eigenvalue weighted by molar-refractivity contribution is 5.92. The van der Waals surface area contributed by atoms with Crippen LogP contribution in [0.2, 0.25) is 0 Å². The predicted octanol–water partition coefficient (Wildman–Crippen LogP) is 2.66. The van der Waals surface area contributed by atoms with Crippen LogP contribution in [0.5, 0.6) is 11.5 Å². The molecular weight excluding hydrogens is 310 g/mol. The van der Waals surface area contributed by atoms with E-state index in [4.69, 9.17) is 14.2 Å². The highest BCUT2D eigenvalue weighted by atomic mass is 16.7. The van der Waals surface area contributed by atoms with Crippen molar-refractivity contribution in [2.24, 2.45) is 5.92 Å². The van der Waals surface area contributed by atoms with E-state index in [1.165, 1.54) is 19.3 Å². The first kappa shape index (κ1) is 16.6. The second kappa shape index (κ2) is 7.55. The van der Waals surface area contributed by atoms with Crippen molar-refractivity contribution in [1.29, 1.82) is 0 Å². The van der Waals surface area contributed by atoms with E-state index < -0.39 is 12.1 Å². The minimum absolute atomic E-state index is 0.147. The summed E-state index contributed by atoms with van der Waals surface area (Å²) in [6.07, 6.45) is 5.24. The van der Waals surface area contributed by atoms with Crippen molar-refractivity contribution in [3.63, 3.8) is 0 Å². The number of amides is 1. The van der Waals surface area contributed by atoms with Gasteiger partial charge >= 0.3 is 5.97 Å². The Hall–Kier alpha value is -2.24. The zero-order chi connectivity index (χ0) is 16.9. The molecule has 0 radical (unpaired) electrons. The lowest BCUT2D eigenvalue weighted by Crippen LogP contribution is -2.38. The van der Waals surface area contributed by atoms with Gasteiger partial charge in [-0.3, -0.25) is 4.79 Å². The third kappa shape index (κ3) is 3.99. The summed E-state index contributed by atoms with van der Waals surface area (Å²) >= 11 is 0. The van der Waals surface area contributed by atoms with E-state index in [2.05, 4.69) is 5.32 Å². The summed E-state index contributed by atoms with van der Waals surface area (Å²) in [5.41, 5.74) is 0.339. The number of hydrogen-bond donors (Lipinski definition) is 1. The Morgan fingerprint density at radius 3 is 2.75 bits per heavy atom. The quantitative estimate of drug-likeness (QED) is 0.839. The third-order valence-electron chi connectivity index (χ3n) is 4.55. The van der Waals surface area contributed by atoms with Crippen LogP contribution in [0, 0.1) is 5.92 Å². The molecule has 1 atom stereocenters. The van der Waals surface area contributed by atoms with E-state index in [-0.39, 0.29) is 12.7 Å². The molecule has 1 aromatic carbocycles. The molecule has 1 N–H and O–H groups in total. The fourth-order valence-corrected chi connectivity index (χ4v) is 3.09. The molecule has 0 saturated heterocycles. The summed E-state index contributed by atoms with van der Waals surface area (Å²) in [5.74, 6) is 0.853. The molecule has 24 heavy (non-hydrogen) atoms. The fraction of sp³-hybridized carbons (Fsp3) is 0.556. The van der Waals surface area contributed by atoms with E-state index in [9.17, 15) is 9.59 Å². The van der Waals surface area contributed by atoms with E-state index in [1.807, 2.05) is 0 Å². The zero-order valence-electron chi connectivity index (χ0n) is 13.9. The van der Waals surface area contributed by atoms with E-state index in [0.29, 0.717) is 29.5 Å². The van der Waals surface area contributed by atoms with Crippen LogP contribution in [0.4, 0.5) is 0 Å². The topological polar surface area (TPSA) is 73.9 Å². The van der Waals surface area contributed by atoms with Crippen molar-refractivity contribution in [2.45, 2.75) is 45.1 Å². The molecule has 1 saturated carbocycles. The van der Waals surface area contributed by atoms with E-state index >= 15 is 0 Å². The smallest absolute Gasteiger partial charge is 0.339 e. The van der Waals surface area contributed by atoms with Gasteiger partial charge in [0.25, 0.3) is 5.91 Å². The van der Waals surface area contributed by atoms with Gasteiger partial charge in [-0.1, -0.05) is 19.3 Å². The average Bonchev–Trinajstić information content (AvgIpc) is 3.08. The molecule has 0 bridgehead atoms. The predicted molar refractivity (Wildman–Crippen MR) is 87.0 cm³/mol. The minimum atomic E-state index is -0.827. The second-order valence-electron chi connectivity index (χ2n) is 6.36. The Morgan fingerprint density at radius 2 is 1.96 bits per heavy atom. The average molecular weight is 333 g/mol. The first-order chi connectivity index (χ1) is 11.6. The molecule has 1 aromatic rings. The summed E-state index contributed by atoms with van der Waals surface area (Å²) in [6, 6.07) is 4.83. The van der Waals surface area contributed by atoms with Crippen molar-refractivity contribution in [3.05, 3.63) is 23.8 Å². The zero-order valence-corrected chi connectivity index (χ0v) is 13.9. The number of rotatable bonds is 5. The molecule has 2 aliphatic rings. The Kier molecular flexibility index (Phi) is 5.23. The fourth-order valence-electron chi connectivity index (χ4n) is 3.09. The molecule has 6 nitrogen and oxygen atoms in total. The molecule has 0 spiro atoms. The lowest BCUT2D eigenvalue weighted by atomic mass is 9.89. The molecule has 130 valence electrons. The van der Waals surface area contributed by atoms with Gasteiger partial charge in [0.1, 0.15) is 0 Å². The molecule has 1 unspecified atom stereocenters. The molecule has 0 aromatic heterocycles. The van der Waals surface area contributed by atoms with Gasteiger partial charge in [-0.2, -0.15) is 0 Å². The maximum atomic E-state index is 12.2. The number of fused-ring (bicyclic) bond motifs is 1. The van der Waals surface area contributed by atoms with Gasteiger partial charge in [0, 0.05) is 6.54 Å². The van der Waals surface area contributed by atoms with Crippen LogP contribution in [0.15, 0.2) is 18.2 Å². The van der Waals surface area contributed by atoms with E-state index in [0.717, 1.165) is 12.8 Å². The second-order valence-corrected chi connectivity index (χ2v) is 6.36. The van der Waals surface area contributed by atoms with Crippen molar-refractivity contribution in [1.82, 2.24) is 5.32 Å². The number of benzene rings is 1. The SMILES string of the molecule is CC(OC(=O)c1ccc2c(c1)OCO2)C(=O)NCC1CCCCC1. The maximum absolute atomic E-state index is 12.2. The summed E-state index contributed by atoms with van der Waals surface area (Å²) in [6.45, 7) is 2.39. The Bertz CT molecular complexity index is 609. The monoisotopic (exact) mass is 333 g/mol. The molecule has 6 heteroatoms. The van der Waals surface area contributed by atoms with Crippen LogP contribution in [-0.2, 0) is 9.53 Å². The lowest BCUT2D eigenvalue weighted by Gasteiger charge is -2.22. The van der Waals surface area contributed by atoms with Crippen molar-refractivity contribution in [2.75, 3.05) is 13.3 Å². The van der Waals surface area contributed by atoms with Gasteiger partial charge in [-0.15, -0.1) is 0 Å². The Balaban J connectivity index is 1.49. The maximum Gasteiger partial charge on any atom is 0.339 e. The van der Waals surface area contributed by atoms with Gasteiger partial charge in [-0.05, 0) is 43.9 Å². The molecule has 1 fully saturated rings. The van der Waals surface area contributed by atoms with Crippen LogP contribution in [-0.4, -0.2) is 31.3 Å². The number of hydrogen-bond acceptors (Lipinski definition) is 5. The van der Waals surface area contributed by atoms with Gasteiger partial charge in [-0.25, -0.2) is 4.79 Å². The number of ether oxygens (including phenoxy) is 3. The molecule has 1 aliphatic carbocycles. The van der Waals surface area contributed by atoms with Crippen LogP contribution < -0.4 is 14.8 Å². The standard InChI is InChI=1S/C18H23NO5/c1-12(17(20)19-10-13-5-3-2-4-6-13)24-18(21)14-7-8-15-16(9-14)23-11-22-15/h7-9,12-13H,2-6,10-11H2,1H3,(H,19,20). The lowest BCUT2D eigenvalue weighted by molar-refractivity contribution is -0.129. The summed E-state index contributed by atoms with van der Waals surface area (Å²) in [7, 11) is 0. The van der Waals surface area contributed by atoms with Crippen molar-refractivity contribution < 1.29 is 23.8 Å². The third-order valence-corrected chi connectivity index (χ3v) is 4.55. The number of nitrogens with one attached hydrogen (secondary N) is 1. The molecule has 1 amide bonds. The summed E-state index contributed by atoms with van der Waals surface area (Å²) < 4.78 is 15.7. The molecule has 1 heterocycles. The largest absolute Gasteiger partial charge is 0.454 e. The van der Waals surface area contributed by atoms with Gasteiger partial charge < -0.3 is 19.5 Å². The number of carbonyl (C=O) groups is 2. The van der Waals surface area contributed by atoms with Gasteiger partial charge in [0.05, 0.1) is 5.56 Å². The van der Waals surface area contributed by atoms with Crippen LogP contribution in [0.25, 0.3) is 0 Å². The van der Waals surface area contributed by atoms with Crippen LogP contribution in [0.1, 0.15) is 49.4 Å². The highest BCUT2D eigenvalue weighted by Gasteiger charge is 2.22.